The van der Waals surface area contributed by atoms with Gasteiger partial charge in [-0.15, -0.1) is 0 Å². The molecule has 1 amide bonds. The summed E-state index contributed by atoms with van der Waals surface area (Å²) in [4.78, 5) is 23.7. The van der Waals surface area contributed by atoms with E-state index < -0.39 is 0 Å². The molecule has 0 aromatic carbocycles. The normalized spacial score (nSPS) is 19.2. The van der Waals surface area contributed by atoms with Crippen molar-refractivity contribution in [3.8, 4) is 0 Å². The van der Waals surface area contributed by atoms with E-state index in [0.717, 1.165) is 50.4 Å². The molecule has 0 radical (unpaired) electrons. The first-order chi connectivity index (χ1) is 12.8. The molecule has 0 spiro atoms. The van der Waals surface area contributed by atoms with Gasteiger partial charge in [0.2, 0.25) is 5.91 Å². The zero-order valence-electron chi connectivity index (χ0n) is 15.4. The van der Waals surface area contributed by atoms with E-state index in [1.807, 2.05) is 36.8 Å². The molecular weight excluding hydrogens is 324 g/mol. The van der Waals surface area contributed by atoms with Crippen molar-refractivity contribution < 1.29 is 4.79 Å². The molecular formula is C21H28N4O. The molecule has 0 N–H and O–H groups in total. The van der Waals surface area contributed by atoms with E-state index in [1.165, 1.54) is 25.7 Å². The van der Waals surface area contributed by atoms with Crippen molar-refractivity contribution in [2.45, 2.75) is 57.4 Å². The van der Waals surface area contributed by atoms with Crippen molar-refractivity contribution in [3.63, 3.8) is 0 Å². The topological polar surface area (TPSA) is 51.0 Å². The minimum absolute atomic E-state index is 0.368. The Morgan fingerprint density at radius 1 is 1.04 bits per heavy atom. The van der Waals surface area contributed by atoms with Crippen LogP contribution in [0.1, 0.15) is 62.4 Å². The average Bonchev–Trinajstić information content (AvgIpc) is 3.35. The first-order valence-corrected chi connectivity index (χ1v) is 9.98. The molecule has 4 rings (SSSR count). The third kappa shape index (κ3) is 3.97. The van der Waals surface area contributed by atoms with Crippen LogP contribution >= 0.6 is 0 Å². The Kier molecular flexibility index (Phi) is 5.32. The standard InChI is InChI=1S/C21H28N4O/c26-20(15-17-5-1-2-6-17)24-12-8-18(9-13-24)21-23-11-14-25(21)16-19-7-3-4-10-22-19/h3-4,7,10-11,14,17-18H,1-2,5-6,8-9,12-13,15-16H2. The van der Waals surface area contributed by atoms with Gasteiger partial charge in [0, 0.05) is 44.0 Å². The Balaban J connectivity index is 1.33. The van der Waals surface area contributed by atoms with E-state index in [9.17, 15) is 4.79 Å². The van der Waals surface area contributed by atoms with Gasteiger partial charge in [-0.2, -0.15) is 0 Å². The highest BCUT2D eigenvalue weighted by Crippen LogP contribution is 2.31. The monoisotopic (exact) mass is 352 g/mol. The molecule has 1 aliphatic carbocycles. The first-order valence-electron chi connectivity index (χ1n) is 9.98. The van der Waals surface area contributed by atoms with E-state index in [-0.39, 0.29) is 0 Å². The van der Waals surface area contributed by atoms with Crippen molar-refractivity contribution in [1.82, 2.24) is 19.4 Å². The zero-order chi connectivity index (χ0) is 17.8. The van der Waals surface area contributed by atoms with Crippen LogP contribution in [0.5, 0.6) is 0 Å². The molecule has 5 heteroatoms. The van der Waals surface area contributed by atoms with Crippen LogP contribution < -0.4 is 0 Å². The van der Waals surface area contributed by atoms with E-state index in [4.69, 9.17) is 0 Å². The fourth-order valence-electron chi connectivity index (χ4n) is 4.46. The predicted octanol–water partition coefficient (Wildman–Crippen LogP) is 3.61. The fraction of sp³-hybridized carbons (Fsp3) is 0.571. The lowest BCUT2D eigenvalue weighted by Crippen LogP contribution is -2.39. The summed E-state index contributed by atoms with van der Waals surface area (Å²) >= 11 is 0. The number of pyridine rings is 1. The lowest BCUT2D eigenvalue weighted by molar-refractivity contribution is -0.133. The molecule has 2 fully saturated rings. The highest BCUT2D eigenvalue weighted by molar-refractivity contribution is 5.76. The number of aromatic nitrogens is 3. The maximum absolute atomic E-state index is 12.6. The second kappa shape index (κ2) is 8.02. The quantitative estimate of drug-likeness (QED) is 0.826. The van der Waals surface area contributed by atoms with E-state index in [2.05, 4.69) is 19.4 Å². The second-order valence-electron chi connectivity index (χ2n) is 7.74. The fourth-order valence-corrected chi connectivity index (χ4v) is 4.46. The Labute approximate surface area is 155 Å². The number of hydrogen-bond donors (Lipinski definition) is 0. The number of piperidine rings is 1. The summed E-state index contributed by atoms with van der Waals surface area (Å²) in [6, 6.07) is 6.01. The van der Waals surface area contributed by atoms with Gasteiger partial charge in [-0.3, -0.25) is 9.78 Å². The van der Waals surface area contributed by atoms with Crippen molar-refractivity contribution in [2.75, 3.05) is 13.1 Å². The van der Waals surface area contributed by atoms with Crippen LogP contribution in [0.25, 0.3) is 0 Å². The third-order valence-electron chi connectivity index (χ3n) is 5.96. The van der Waals surface area contributed by atoms with Crippen molar-refractivity contribution in [1.29, 1.82) is 0 Å². The zero-order valence-corrected chi connectivity index (χ0v) is 15.4. The SMILES string of the molecule is O=C(CC1CCCC1)N1CCC(c2nccn2Cc2ccccn2)CC1. The number of likely N-dealkylation sites (tertiary alicyclic amines) is 1. The molecule has 1 aliphatic heterocycles. The smallest absolute Gasteiger partial charge is 0.222 e. The van der Waals surface area contributed by atoms with E-state index in [1.54, 1.807) is 0 Å². The Morgan fingerprint density at radius 2 is 1.85 bits per heavy atom. The van der Waals surface area contributed by atoms with Crippen LogP contribution in [0.4, 0.5) is 0 Å². The number of carbonyl (C=O) groups is 1. The summed E-state index contributed by atoms with van der Waals surface area (Å²) in [6.45, 7) is 2.50. The lowest BCUT2D eigenvalue weighted by Gasteiger charge is -2.32. The van der Waals surface area contributed by atoms with Crippen LogP contribution in [-0.4, -0.2) is 38.4 Å². The van der Waals surface area contributed by atoms with Gasteiger partial charge in [-0.1, -0.05) is 18.9 Å². The minimum atomic E-state index is 0.368. The summed E-state index contributed by atoms with van der Waals surface area (Å²) < 4.78 is 2.21. The molecule has 26 heavy (non-hydrogen) atoms. The molecule has 138 valence electrons. The minimum Gasteiger partial charge on any atom is -0.343 e. The first kappa shape index (κ1) is 17.3. The van der Waals surface area contributed by atoms with Crippen LogP contribution in [0.2, 0.25) is 0 Å². The van der Waals surface area contributed by atoms with Gasteiger partial charge in [0.15, 0.2) is 0 Å². The van der Waals surface area contributed by atoms with Crippen LogP contribution in [-0.2, 0) is 11.3 Å². The van der Waals surface area contributed by atoms with Crippen LogP contribution in [0.3, 0.4) is 0 Å². The van der Waals surface area contributed by atoms with Gasteiger partial charge in [-0.25, -0.2) is 4.98 Å². The van der Waals surface area contributed by atoms with Gasteiger partial charge in [0.1, 0.15) is 5.82 Å². The third-order valence-corrected chi connectivity index (χ3v) is 5.96. The second-order valence-corrected chi connectivity index (χ2v) is 7.74. The van der Waals surface area contributed by atoms with Gasteiger partial charge in [0.05, 0.1) is 12.2 Å². The molecule has 0 bridgehead atoms. The molecule has 1 saturated carbocycles. The Bertz CT molecular complexity index is 713. The highest BCUT2D eigenvalue weighted by Gasteiger charge is 2.28. The number of amides is 1. The van der Waals surface area contributed by atoms with Crippen molar-refractivity contribution in [2.24, 2.45) is 5.92 Å². The lowest BCUT2D eigenvalue weighted by atomic mass is 9.94. The number of carbonyl (C=O) groups excluding carboxylic acids is 1. The molecule has 3 heterocycles. The van der Waals surface area contributed by atoms with Crippen LogP contribution in [0.15, 0.2) is 36.8 Å². The van der Waals surface area contributed by atoms with E-state index in [0.29, 0.717) is 17.7 Å². The number of nitrogens with zero attached hydrogens (tertiary/aromatic N) is 4. The Morgan fingerprint density at radius 3 is 2.58 bits per heavy atom. The number of rotatable bonds is 5. The number of imidazole rings is 1. The van der Waals surface area contributed by atoms with Gasteiger partial charge in [0.25, 0.3) is 0 Å². The molecule has 0 unspecified atom stereocenters. The molecule has 2 aromatic heterocycles. The Hall–Kier alpha value is -2.17. The van der Waals surface area contributed by atoms with Crippen molar-refractivity contribution in [3.05, 3.63) is 48.3 Å². The largest absolute Gasteiger partial charge is 0.343 e. The maximum Gasteiger partial charge on any atom is 0.222 e. The average molecular weight is 352 g/mol. The maximum atomic E-state index is 12.6. The summed E-state index contributed by atoms with van der Waals surface area (Å²) in [6.07, 6.45) is 13.6. The molecule has 5 nitrogen and oxygen atoms in total. The number of hydrogen-bond acceptors (Lipinski definition) is 3. The summed E-state index contributed by atoms with van der Waals surface area (Å²) in [5.74, 6) is 2.58. The molecule has 2 aliphatic rings. The molecule has 0 atom stereocenters. The summed E-state index contributed by atoms with van der Waals surface area (Å²) in [5.41, 5.74) is 1.05. The predicted molar refractivity (Wildman–Crippen MR) is 101 cm³/mol. The van der Waals surface area contributed by atoms with Gasteiger partial charge in [-0.05, 0) is 43.7 Å². The van der Waals surface area contributed by atoms with Crippen LogP contribution in [0, 0.1) is 5.92 Å². The molecule has 1 saturated heterocycles. The highest BCUT2D eigenvalue weighted by atomic mass is 16.2. The van der Waals surface area contributed by atoms with Gasteiger partial charge < -0.3 is 9.47 Å². The summed E-state index contributed by atoms with van der Waals surface area (Å²) in [7, 11) is 0. The summed E-state index contributed by atoms with van der Waals surface area (Å²) in [5, 5.41) is 0. The van der Waals surface area contributed by atoms with E-state index >= 15 is 0 Å². The van der Waals surface area contributed by atoms with Gasteiger partial charge >= 0.3 is 0 Å². The van der Waals surface area contributed by atoms with Crippen molar-refractivity contribution >= 4 is 5.91 Å². The molecule has 2 aromatic rings.